The molecule has 7 heteroatoms. The van der Waals surface area contributed by atoms with E-state index in [9.17, 15) is 22.8 Å². The first-order valence-corrected chi connectivity index (χ1v) is 6.98. The van der Waals surface area contributed by atoms with Gasteiger partial charge in [0.25, 0.3) is 0 Å². The lowest BCUT2D eigenvalue weighted by Crippen LogP contribution is -2.42. The van der Waals surface area contributed by atoms with E-state index in [2.05, 4.69) is 0 Å². The van der Waals surface area contributed by atoms with Crippen LogP contribution in [0.25, 0.3) is 0 Å². The molecule has 118 valence electrons. The Balaban J connectivity index is 2.05. The van der Waals surface area contributed by atoms with E-state index < -0.39 is 29.6 Å². The molecule has 0 aromatic heterocycles. The van der Waals surface area contributed by atoms with Crippen molar-refractivity contribution in [3.8, 4) is 0 Å². The van der Waals surface area contributed by atoms with Crippen LogP contribution in [-0.2, 0) is 9.59 Å². The van der Waals surface area contributed by atoms with E-state index in [4.69, 9.17) is 5.11 Å². The van der Waals surface area contributed by atoms with Crippen LogP contribution < -0.4 is 0 Å². The van der Waals surface area contributed by atoms with Gasteiger partial charge in [0, 0.05) is 18.7 Å². The molecule has 2 aliphatic rings. The lowest BCUT2D eigenvalue weighted by Gasteiger charge is -2.30. The highest BCUT2D eigenvalue weighted by molar-refractivity contribution is 5.85. The second kappa shape index (κ2) is 5.69. The van der Waals surface area contributed by atoms with Gasteiger partial charge >= 0.3 is 12.1 Å². The molecule has 1 amide bonds. The van der Waals surface area contributed by atoms with E-state index in [0.29, 0.717) is 12.8 Å². The molecule has 0 aromatic rings. The highest BCUT2D eigenvalue weighted by Gasteiger charge is 2.43. The van der Waals surface area contributed by atoms with E-state index in [-0.39, 0.29) is 31.3 Å². The van der Waals surface area contributed by atoms with Crippen LogP contribution in [0.15, 0.2) is 11.6 Å². The molecule has 0 saturated heterocycles. The average Bonchev–Trinajstić information content (AvgIpc) is 2.79. The number of carbonyl (C=O) groups excluding carboxylic acids is 1. The minimum absolute atomic E-state index is 0.00139. The Bertz CT molecular complexity index is 473. The van der Waals surface area contributed by atoms with Crippen LogP contribution in [0.5, 0.6) is 0 Å². The first-order chi connectivity index (χ1) is 9.70. The maximum Gasteiger partial charge on any atom is 0.412 e. The van der Waals surface area contributed by atoms with Gasteiger partial charge in [-0.15, -0.1) is 0 Å². The quantitative estimate of drug-likeness (QED) is 0.797. The Labute approximate surface area is 120 Å². The molecule has 1 N–H and O–H groups in total. The fourth-order valence-electron chi connectivity index (χ4n) is 3.20. The summed E-state index contributed by atoms with van der Waals surface area (Å²) in [5.74, 6) is -2.52. The smallest absolute Gasteiger partial charge is 0.412 e. The summed E-state index contributed by atoms with van der Waals surface area (Å²) in [5.41, 5.74) is -0.610. The molecule has 3 atom stereocenters. The molecule has 21 heavy (non-hydrogen) atoms. The molecule has 0 radical (unpaired) electrons. The van der Waals surface area contributed by atoms with Crippen LogP contribution in [0.1, 0.15) is 26.2 Å². The van der Waals surface area contributed by atoms with Gasteiger partial charge in [-0.05, 0) is 25.2 Å². The first kappa shape index (κ1) is 15.9. The van der Waals surface area contributed by atoms with E-state index in [0.717, 1.165) is 6.08 Å². The summed E-state index contributed by atoms with van der Waals surface area (Å²) in [5, 5.41) is 9.17. The SMILES string of the molecule is CC1CC(C(=O)O)C(C(=O)N2CC=C(C(F)(F)F)CC2)C1. The van der Waals surface area contributed by atoms with Crippen LogP contribution in [0.3, 0.4) is 0 Å². The topological polar surface area (TPSA) is 57.6 Å². The Hall–Kier alpha value is -1.53. The molecule has 1 aliphatic carbocycles. The molecule has 1 saturated carbocycles. The molecule has 0 bridgehead atoms. The lowest BCUT2D eigenvalue weighted by molar-refractivity contribution is -0.149. The maximum atomic E-state index is 12.5. The largest absolute Gasteiger partial charge is 0.481 e. The summed E-state index contributed by atoms with van der Waals surface area (Å²) in [4.78, 5) is 24.9. The molecule has 1 heterocycles. The van der Waals surface area contributed by atoms with Crippen molar-refractivity contribution in [2.75, 3.05) is 13.1 Å². The third-order valence-corrected chi connectivity index (χ3v) is 4.32. The second-order valence-corrected chi connectivity index (χ2v) is 5.89. The zero-order chi connectivity index (χ0) is 15.8. The van der Waals surface area contributed by atoms with Crippen molar-refractivity contribution >= 4 is 11.9 Å². The predicted molar refractivity (Wildman–Crippen MR) is 68.3 cm³/mol. The van der Waals surface area contributed by atoms with Gasteiger partial charge in [-0.25, -0.2) is 0 Å². The fraction of sp³-hybridized carbons (Fsp3) is 0.714. The summed E-state index contributed by atoms with van der Waals surface area (Å²) >= 11 is 0. The van der Waals surface area contributed by atoms with E-state index >= 15 is 0 Å². The fourth-order valence-corrected chi connectivity index (χ4v) is 3.20. The van der Waals surface area contributed by atoms with Crippen molar-refractivity contribution in [1.29, 1.82) is 0 Å². The Morgan fingerprint density at radius 2 is 1.90 bits per heavy atom. The Morgan fingerprint density at radius 3 is 2.38 bits per heavy atom. The molecule has 0 aromatic carbocycles. The van der Waals surface area contributed by atoms with Crippen LogP contribution in [-0.4, -0.2) is 41.1 Å². The number of amides is 1. The second-order valence-electron chi connectivity index (χ2n) is 5.89. The molecule has 1 aliphatic heterocycles. The molecule has 3 unspecified atom stereocenters. The molecule has 2 rings (SSSR count). The van der Waals surface area contributed by atoms with Crippen LogP contribution in [0.2, 0.25) is 0 Å². The van der Waals surface area contributed by atoms with Crippen molar-refractivity contribution in [2.24, 2.45) is 17.8 Å². The number of carboxylic acids is 1. The summed E-state index contributed by atoms with van der Waals surface area (Å²) in [6.07, 6.45) is -2.61. The van der Waals surface area contributed by atoms with Crippen LogP contribution in [0, 0.1) is 17.8 Å². The molecule has 4 nitrogen and oxygen atoms in total. The standard InChI is InChI=1S/C14H18F3NO3/c1-8-6-10(11(7-8)13(20)21)12(19)18-4-2-9(3-5-18)14(15,16)17/h2,8,10-11H,3-7H2,1H3,(H,20,21). The van der Waals surface area contributed by atoms with Gasteiger partial charge in [0.1, 0.15) is 0 Å². The zero-order valence-electron chi connectivity index (χ0n) is 11.7. The van der Waals surface area contributed by atoms with Crippen LogP contribution in [0.4, 0.5) is 13.2 Å². The van der Waals surface area contributed by atoms with Gasteiger partial charge in [-0.2, -0.15) is 13.2 Å². The van der Waals surface area contributed by atoms with Gasteiger partial charge in [-0.1, -0.05) is 13.0 Å². The third kappa shape index (κ3) is 3.39. The van der Waals surface area contributed by atoms with Crippen molar-refractivity contribution in [3.05, 3.63) is 11.6 Å². The first-order valence-electron chi connectivity index (χ1n) is 6.98. The Morgan fingerprint density at radius 1 is 1.29 bits per heavy atom. The van der Waals surface area contributed by atoms with E-state index in [1.807, 2.05) is 6.92 Å². The normalized spacial score (nSPS) is 30.2. The molecule has 0 spiro atoms. The lowest BCUT2D eigenvalue weighted by atomic mass is 9.94. The van der Waals surface area contributed by atoms with Crippen LogP contribution >= 0.6 is 0 Å². The number of carbonyl (C=O) groups is 2. The van der Waals surface area contributed by atoms with Gasteiger partial charge < -0.3 is 10.0 Å². The number of carboxylic acid groups (broad SMARTS) is 1. The number of nitrogens with zero attached hydrogens (tertiary/aromatic N) is 1. The van der Waals surface area contributed by atoms with Crippen molar-refractivity contribution in [2.45, 2.75) is 32.4 Å². The van der Waals surface area contributed by atoms with Crippen molar-refractivity contribution < 1.29 is 27.9 Å². The van der Waals surface area contributed by atoms with E-state index in [1.165, 1.54) is 4.90 Å². The Kier molecular flexibility index (Phi) is 4.30. The zero-order valence-corrected chi connectivity index (χ0v) is 11.7. The van der Waals surface area contributed by atoms with E-state index in [1.54, 1.807) is 0 Å². The average molecular weight is 305 g/mol. The summed E-state index contributed by atoms with van der Waals surface area (Å²) in [6, 6.07) is 0. The number of alkyl halides is 3. The molecular weight excluding hydrogens is 287 g/mol. The van der Waals surface area contributed by atoms with Gasteiger partial charge in [0.05, 0.1) is 11.8 Å². The summed E-state index contributed by atoms with van der Waals surface area (Å²) in [7, 11) is 0. The number of rotatable bonds is 2. The van der Waals surface area contributed by atoms with Crippen molar-refractivity contribution in [3.63, 3.8) is 0 Å². The third-order valence-electron chi connectivity index (χ3n) is 4.32. The number of hydrogen-bond donors (Lipinski definition) is 1. The number of aliphatic carboxylic acids is 1. The highest BCUT2D eigenvalue weighted by atomic mass is 19.4. The maximum absolute atomic E-state index is 12.5. The summed E-state index contributed by atoms with van der Waals surface area (Å²) < 4.78 is 37.6. The van der Waals surface area contributed by atoms with Gasteiger partial charge in [0.2, 0.25) is 5.91 Å². The highest BCUT2D eigenvalue weighted by Crippen LogP contribution is 2.38. The molecular formula is C14H18F3NO3. The number of hydrogen-bond acceptors (Lipinski definition) is 2. The number of halogens is 3. The van der Waals surface area contributed by atoms with Gasteiger partial charge in [0.15, 0.2) is 0 Å². The minimum atomic E-state index is -4.35. The predicted octanol–water partition coefficient (Wildman–Crippen LogP) is 2.45. The van der Waals surface area contributed by atoms with Crippen molar-refractivity contribution in [1.82, 2.24) is 4.90 Å². The monoisotopic (exact) mass is 305 g/mol. The molecule has 1 fully saturated rings. The minimum Gasteiger partial charge on any atom is -0.481 e. The summed E-state index contributed by atoms with van der Waals surface area (Å²) in [6.45, 7) is 1.80. The van der Waals surface area contributed by atoms with Gasteiger partial charge in [-0.3, -0.25) is 9.59 Å².